The molecule has 0 aromatic carbocycles. The summed E-state index contributed by atoms with van der Waals surface area (Å²) < 4.78 is 10.5. The van der Waals surface area contributed by atoms with E-state index in [0.717, 1.165) is 5.57 Å². The molecule has 0 saturated carbocycles. The van der Waals surface area contributed by atoms with Gasteiger partial charge in [0, 0.05) is 6.54 Å². The molecule has 2 N–H and O–H groups in total. The predicted molar refractivity (Wildman–Crippen MR) is 72.6 cm³/mol. The van der Waals surface area contributed by atoms with Crippen molar-refractivity contribution in [3.8, 4) is 0 Å². The van der Waals surface area contributed by atoms with E-state index < -0.39 is 11.6 Å². The molecule has 0 bridgehead atoms. The van der Waals surface area contributed by atoms with Gasteiger partial charge in [0.1, 0.15) is 12.2 Å². The van der Waals surface area contributed by atoms with Crippen LogP contribution in [0.15, 0.2) is 12.2 Å². The third-order valence-corrected chi connectivity index (χ3v) is 2.75. The van der Waals surface area contributed by atoms with Crippen LogP contribution in [0.5, 0.6) is 0 Å². The van der Waals surface area contributed by atoms with E-state index in [9.17, 15) is 9.59 Å². The Labute approximate surface area is 118 Å². The third kappa shape index (κ3) is 5.58. The molecule has 1 aliphatic heterocycles. The zero-order chi connectivity index (χ0) is 15.2. The quantitative estimate of drug-likeness (QED) is 0.500. The van der Waals surface area contributed by atoms with Crippen molar-refractivity contribution in [2.24, 2.45) is 0 Å². The van der Waals surface area contributed by atoms with E-state index in [4.69, 9.17) is 14.6 Å². The van der Waals surface area contributed by atoms with Crippen LogP contribution in [0.3, 0.4) is 0 Å². The number of ether oxygens (including phenoxy) is 2. The molecule has 7 heteroatoms. The molecule has 2 amide bonds. The smallest absolute Gasteiger partial charge is 0.329 e. The summed E-state index contributed by atoms with van der Waals surface area (Å²) in [5.74, 6) is -1.01. The number of carbonyl (C=O) groups is 2. The molecule has 0 aromatic rings. The fraction of sp³-hybridized carbons (Fsp3) is 0.692. The van der Waals surface area contributed by atoms with E-state index in [0.29, 0.717) is 32.8 Å². The van der Waals surface area contributed by atoms with Crippen LogP contribution in [0.2, 0.25) is 0 Å². The molecule has 0 spiro atoms. The number of nitrogens with zero attached hydrogens (tertiary/aromatic N) is 1. The monoisotopic (exact) mass is 286 g/mol. The lowest BCUT2D eigenvalue weighted by Crippen LogP contribution is -2.65. The summed E-state index contributed by atoms with van der Waals surface area (Å²) in [4.78, 5) is 23.7. The molecule has 1 fully saturated rings. The van der Waals surface area contributed by atoms with E-state index in [1.807, 2.05) is 6.92 Å². The Balaban J connectivity index is 2.12. The van der Waals surface area contributed by atoms with Gasteiger partial charge in [-0.15, -0.1) is 0 Å². The summed E-state index contributed by atoms with van der Waals surface area (Å²) in [5, 5.41) is 11.3. The minimum atomic E-state index is -1.01. The van der Waals surface area contributed by atoms with Crippen LogP contribution in [0.4, 0.5) is 4.79 Å². The van der Waals surface area contributed by atoms with Crippen molar-refractivity contribution in [3.05, 3.63) is 12.2 Å². The van der Waals surface area contributed by atoms with Crippen molar-refractivity contribution in [3.63, 3.8) is 0 Å². The van der Waals surface area contributed by atoms with Gasteiger partial charge in [-0.3, -0.25) is 0 Å². The van der Waals surface area contributed by atoms with Crippen molar-refractivity contribution in [2.45, 2.75) is 19.4 Å². The molecule has 1 heterocycles. The van der Waals surface area contributed by atoms with E-state index in [1.165, 1.54) is 0 Å². The second-order valence-corrected chi connectivity index (χ2v) is 5.23. The van der Waals surface area contributed by atoms with Gasteiger partial charge in [0.15, 0.2) is 0 Å². The van der Waals surface area contributed by atoms with Crippen molar-refractivity contribution in [1.29, 1.82) is 0 Å². The van der Waals surface area contributed by atoms with Crippen molar-refractivity contribution in [2.75, 3.05) is 39.5 Å². The highest BCUT2D eigenvalue weighted by atomic mass is 16.5. The molecule has 1 aliphatic rings. The van der Waals surface area contributed by atoms with Crippen LogP contribution < -0.4 is 5.32 Å². The number of hydrogen-bond acceptors (Lipinski definition) is 4. The minimum absolute atomic E-state index is 0.194. The van der Waals surface area contributed by atoms with E-state index in [-0.39, 0.29) is 12.6 Å². The first-order valence-corrected chi connectivity index (χ1v) is 6.43. The highest BCUT2D eigenvalue weighted by molar-refractivity contribution is 5.75. The van der Waals surface area contributed by atoms with Crippen LogP contribution in [0.25, 0.3) is 0 Å². The second kappa shape index (κ2) is 7.25. The van der Waals surface area contributed by atoms with Gasteiger partial charge in [-0.25, -0.2) is 9.59 Å². The Hall–Kier alpha value is -1.60. The molecule has 7 nitrogen and oxygen atoms in total. The highest BCUT2D eigenvalue weighted by Gasteiger charge is 2.42. The van der Waals surface area contributed by atoms with Gasteiger partial charge in [-0.2, -0.15) is 0 Å². The van der Waals surface area contributed by atoms with E-state index in [1.54, 1.807) is 11.8 Å². The lowest BCUT2D eigenvalue weighted by atomic mass is 9.97. The van der Waals surface area contributed by atoms with Crippen LogP contribution in [0.1, 0.15) is 13.8 Å². The van der Waals surface area contributed by atoms with Crippen molar-refractivity contribution < 1.29 is 24.2 Å². The van der Waals surface area contributed by atoms with Gasteiger partial charge in [0.05, 0.1) is 26.3 Å². The summed E-state index contributed by atoms with van der Waals surface area (Å²) in [7, 11) is 0. The molecular weight excluding hydrogens is 264 g/mol. The minimum Gasteiger partial charge on any atom is -0.480 e. The van der Waals surface area contributed by atoms with Gasteiger partial charge in [0.2, 0.25) is 0 Å². The highest BCUT2D eigenvalue weighted by Crippen LogP contribution is 2.24. The van der Waals surface area contributed by atoms with Crippen LogP contribution in [-0.4, -0.2) is 67.1 Å². The average molecular weight is 286 g/mol. The lowest BCUT2D eigenvalue weighted by Gasteiger charge is -2.46. The molecular formula is C13H22N2O5. The van der Waals surface area contributed by atoms with E-state index >= 15 is 0 Å². The van der Waals surface area contributed by atoms with Gasteiger partial charge < -0.3 is 24.8 Å². The molecule has 1 saturated heterocycles. The number of hydrogen-bond donors (Lipinski definition) is 2. The number of rotatable bonds is 8. The number of likely N-dealkylation sites (tertiary alicyclic amines) is 1. The maximum Gasteiger partial charge on any atom is 0.329 e. The molecule has 0 unspecified atom stereocenters. The molecule has 0 aliphatic carbocycles. The summed E-state index contributed by atoms with van der Waals surface area (Å²) >= 11 is 0. The second-order valence-electron chi connectivity index (χ2n) is 5.23. The number of aliphatic carboxylic acids is 1. The zero-order valence-corrected chi connectivity index (χ0v) is 12.0. The Bertz CT molecular complexity index is 377. The maximum atomic E-state index is 11.7. The number of urea groups is 1. The topological polar surface area (TPSA) is 88.1 Å². The number of carboxylic acid groups (broad SMARTS) is 1. The fourth-order valence-electron chi connectivity index (χ4n) is 1.82. The van der Waals surface area contributed by atoms with Gasteiger partial charge >= 0.3 is 12.0 Å². The van der Waals surface area contributed by atoms with Gasteiger partial charge in [-0.05, 0) is 13.8 Å². The van der Waals surface area contributed by atoms with Crippen LogP contribution in [-0.2, 0) is 14.3 Å². The Kier molecular flexibility index (Phi) is 5.97. The van der Waals surface area contributed by atoms with Crippen LogP contribution >= 0.6 is 0 Å². The first kappa shape index (κ1) is 16.5. The fourth-order valence-corrected chi connectivity index (χ4v) is 1.82. The number of nitrogens with one attached hydrogen (secondary N) is 1. The lowest BCUT2D eigenvalue weighted by molar-refractivity contribution is -0.159. The molecule has 1 rings (SSSR count). The SMILES string of the molecule is C=C(C)COCCNC(=O)N1CC(C)(OCC(=O)O)C1. The largest absolute Gasteiger partial charge is 0.480 e. The number of amides is 2. The Morgan fingerprint density at radius 1 is 1.40 bits per heavy atom. The predicted octanol–water partition coefficient (Wildman–Crippen LogP) is 0.464. The molecule has 0 aromatic heterocycles. The summed E-state index contributed by atoms with van der Waals surface area (Å²) in [6.45, 7) is 9.14. The van der Waals surface area contributed by atoms with Crippen LogP contribution in [0, 0.1) is 0 Å². The molecule has 20 heavy (non-hydrogen) atoms. The van der Waals surface area contributed by atoms with Crippen molar-refractivity contribution in [1.82, 2.24) is 10.2 Å². The van der Waals surface area contributed by atoms with E-state index in [2.05, 4.69) is 11.9 Å². The van der Waals surface area contributed by atoms with Crippen molar-refractivity contribution >= 4 is 12.0 Å². The summed E-state index contributed by atoms with van der Waals surface area (Å²) in [6.07, 6.45) is 0. The first-order chi connectivity index (χ1) is 9.32. The average Bonchev–Trinajstić information content (AvgIpc) is 2.31. The molecule has 0 atom stereocenters. The molecule has 114 valence electrons. The van der Waals surface area contributed by atoms with Gasteiger partial charge in [0.25, 0.3) is 0 Å². The Morgan fingerprint density at radius 3 is 2.60 bits per heavy atom. The standard InChI is InChI=1S/C13H22N2O5/c1-10(2)6-19-5-4-14-12(18)15-8-13(3,9-15)20-7-11(16)17/h1,4-9H2,2-3H3,(H,14,18)(H,16,17). The maximum absolute atomic E-state index is 11.7. The normalized spacial score (nSPS) is 16.4. The summed E-state index contributed by atoms with van der Waals surface area (Å²) in [6, 6.07) is -0.194. The zero-order valence-electron chi connectivity index (χ0n) is 12.0. The third-order valence-electron chi connectivity index (χ3n) is 2.75. The molecule has 0 radical (unpaired) electrons. The first-order valence-electron chi connectivity index (χ1n) is 6.43. The number of carboxylic acids is 1. The van der Waals surface area contributed by atoms with Gasteiger partial charge in [-0.1, -0.05) is 12.2 Å². The number of carbonyl (C=O) groups excluding carboxylic acids is 1. The Morgan fingerprint density at radius 2 is 2.05 bits per heavy atom. The summed E-state index contributed by atoms with van der Waals surface area (Å²) in [5.41, 5.74) is 0.372.